The lowest BCUT2D eigenvalue weighted by Gasteiger charge is -2.19. The minimum atomic E-state index is -5.44. The van der Waals surface area contributed by atoms with Crippen molar-refractivity contribution in [2.75, 3.05) is 5.75 Å². The van der Waals surface area contributed by atoms with Crippen LogP contribution in [0, 0.1) is 0 Å². The molecular weight excluding hydrogens is 555 g/mol. The number of pyridine rings is 1. The number of nitrogens with one attached hydrogen (secondary N) is 1. The summed E-state index contributed by atoms with van der Waals surface area (Å²) < 4.78 is 93.5. The van der Waals surface area contributed by atoms with E-state index in [1.807, 2.05) is 0 Å². The van der Waals surface area contributed by atoms with E-state index in [1.165, 1.54) is 12.3 Å². The molecule has 4 rings (SSSR count). The molecule has 38 heavy (non-hydrogen) atoms. The van der Waals surface area contributed by atoms with Crippen LogP contribution in [0.4, 0.5) is 13.2 Å². The molecule has 2 heterocycles. The SMILES string of the molecule is NC(CS(=O)(=O)c1ccc(-c2ccnc3ccccc23)c(-c2nnn[nH]2)c1S(N)(=O)=O)OC(=O)C(F)(F)F. The van der Waals surface area contributed by atoms with Crippen LogP contribution in [0.15, 0.2) is 58.5 Å². The van der Waals surface area contributed by atoms with Crippen molar-refractivity contribution in [1.82, 2.24) is 25.6 Å². The number of sulfonamides is 1. The molecule has 0 aliphatic heterocycles. The van der Waals surface area contributed by atoms with E-state index in [9.17, 15) is 34.8 Å². The maximum absolute atomic E-state index is 13.2. The Balaban J connectivity index is 1.96. The Morgan fingerprint density at radius 3 is 2.39 bits per heavy atom. The molecule has 2 aromatic heterocycles. The number of benzene rings is 2. The Labute approximate surface area is 212 Å². The van der Waals surface area contributed by atoms with E-state index in [0.717, 1.165) is 6.07 Å². The molecule has 1 unspecified atom stereocenters. The first kappa shape index (κ1) is 27.0. The van der Waals surface area contributed by atoms with Gasteiger partial charge in [0.25, 0.3) is 0 Å². The average molecular weight is 572 g/mol. The van der Waals surface area contributed by atoms with Crippen LogP contribution in [-0.2, 0) is 29.4 Å². The Morgan fingerprint density at radius 1 is 1.05 bits per heavy atom. The van der Waals surface area contributed by atoms with Crippen molar-refractivity contribution in [2.24, 2.45) is 10.9 Å². The molecule has 18 heteroatoms. The summed E-state index contributed by atoms with van der Waals surface area (Å²) in [4.78, 5) is 13.4. The standard InChI is InChI=1S/C20H16F3N7O6S2/c21-20(22,23)19(31)36-15(24)9-37(32,33)14-6-5-12(10-7-8-26-13-4-2-1-3-11(10)13)16(17(14)38(25,34)35)18-27-29-30-28-18/h1-8,15H,9,24H2,(H2,25,34,35)(H,27,28,29,30). The van der Waals surface area contributed by atoms with Crippen LogP contribution < -0.4 is 10.9 Å². The molecule has 0 aliphatic carbocycles. The van der Waals surface area contributed by atoms with Gasteiger partial charge in [0.2, 0.25) is 10.0 Å². The zero-order valence-electron chi connectivity index (χ0n) is 18.7. The number of esters is 1. The highest BCUT2D eigenvalue weighted by atomic mass is 32.2. The van der Waals surface area contributed by atoms with E-state index in [-0.39, 0.29) is 17.0 Å². The number of H-pyrrole nitrogens is 1. The number of nitrogens with zero attached hydrogens (tertiary/aromatic N) is 4. The van der Waals surface area contributed by atoms with Gasteiger partial charge in [-0.25, -0.2) is 31.9 Å². The van der Waals surface area contributed by atoms with Gasteiger partial charge in [-0.05, 0) is 39.8 Å². The number of hydrogen-bond donors (Lipinski definition) is 3. The summed E-state index contributed by atoms with van der Waals surface area (Å²) in [7, 11) is -9.72. The van der Waals surface area contributed by atoms with Gasteiger partial charge in [-0.1, -0.05) is 24.3 Å². The minimum absolute atomic E-state index is 0.137. The molecule has 0 aliphatic rings. The summed E-state index contributed by atoms with van der Waals surface area (Å²) in [5.41, 5.74) is 6.06. The first-order valence-electron chi connectivity index (χ1n) is 10.2. The first-order chi connectivity index (χ1) is 17.7. The molecule has 0 saturated heterocycles. The van der Waals surface area contributed by atoms with Crippen LogP contribution in [0.1, 0.15) is 0 Å². The van der Waals surface area contributed by atoms with E-state index < -0.39 is 53.8 Å². The number of rotatable bonds is 7. The third-order valence-corrected chi connectivity index (χ3v) is 8.04. The van der Waals surface area contributed by atoms with Gasteiger partial charge < -0.3 is 4.74 Å². The van der Waals surface area contributed by atoms with Gasteiger partial charge >= 0.3 is 12.1 Å². The number of sulfone groups is 1. The van der Waals surface area contributed by atoms with Crippen molar-refractivity contribution in [3.8, 4) is 22.5 Å². The van der Waals surface area contributed by atoms with Gasteiger partial charge in [0, 0.05) is 17.1 Å². The minimum Gasteiger partial charge on any atom is -0.439 e. The number of carbonyl (C=O) groups is 1. The van der Waals surface area contributed by atoms with E-state index >= 15 is 0 Å². The third kappa shape index (κ3) is 5.32. The first-order valence-corrected chi connectivity index (χ1v) is 13.4. The summed E-state index contributed by atoms with van der Waals surface area (Å²) in [5.74, 6) is -4.40. The monoisotopic (exact) mass is 571 g/mol. The number of primary sulfonamides is 1. The van der Waals surface area contributed by atoms with Gasteiger partial charge in [0.05, 0.1) is 10.4 Å². The summed E-state index contributed by atoms with van der Waals surface area (Å²) in [6.45, 7) is 0. The summed E-state index contributed by atoms with van der Waals surface area (Å²) in [5, 5.41) is 18.9. The number of hydrogen-bond acceptors (Lipinski definition) is 11. The molecule has 13 nitrogen and oxygen atoms in total. The number of ether oxygens (including phenoxy) is 1. The molecule has 0 spiro atoms. The number of nitrogens with two attached hydrogens (primary N) is 2. The van der Waals surface area contributed by atoms with Gasteiger partial charge in [-0.2, -0.15) is 13.2 Å². The largest absolute Gasteiger partial charge is 0.490 e. The van der Waals surface area contributed by atoms with Crippen LogP contribution in [0.5, 0.6) is 0 Å². The highest BCUT2D eigenvalue weighted by Crippen LogP contribution is 2.41. The molecular formula is C20H16F3N7O6S2. The summed E-state index contributed by atoms with van der Waals surface area (Å²) in [6, 6.07) is 10.5. The van der Waals surface area contributed by atoms with Gasteiger partial charge in [-0.15, -0.1) is 5.10 Å². The van der Waals surface area contributed by atoms with Crippen molar-refractivity contribution in [3.05, 3.63) is 48.7 Å². The highest BCUT2D eigenvalue weighted by Gasteiger charge is 2.43. The second-order valence-electron chi connectivity index (χ2n) is 7.71. The molecule has 0 bridgehead atoms. The van der Waals surface area contributed by atoms with Crippen molar-refractivity contribution in [2.45, 2.75) is 22.2 Å². The fourth-order valence-electron chi connectivity index (χ4n) is 3.69. The lowest BCUT2D eigenvalue weighted by molar-refractivity contribution is -0.203. The zero-order valence-corrected chi connectivity index (χ0v) is 20.4. The second kappa shape index (κ2) is 9.71. The van der Waals surface area contributed by atoms with Gasteiger partial charge in [-0.3, -0.25) is 10.7 Å². The lowest BCUT2D eigenvalue weighted by Crippen LogP contribution is -2.39. The number of fused-ring (bicyclic) bond motifs is 1. The third-order valence-electron chi connectivity index (χ3n) is 5.14. The maximum Gasteiger partial charge on any atom is 0.490 e. The number of aromatic nitrogens is 5. The van der Waals surface area contributed by atoms with Crippen molar-refractivity contribution < 1.29 is 39.5 Å². The van der Waals surface area contributed by atoms with Crippen LogP contribution in [0.2, 0.25) is 0 Å². The van der Waals surface area contributed by atoms with Gasteiger partial charge in [0.15, 0.2) is 21.9 Å². The number of para-hydroxylation sites is 1. The average Bonchev–Trinajstić information content (AvgIpc) is 3.36. The van der Waals surface area contributed by atoms with E-state index in [4.69, 9.17) is 10.9 Å². The molecule has 0 fully saturated rings. The highest BCUT2D eigenvalue weighted by molar-refractivity contribution is 7.93. The van der Waals surface area contributed by atoms with Gasteiger partial charge in [0.1, 0.15) is 10.6 Å². The van der Waals surface area contributed by atoms with Crippen molar-refractivity contribution in [3.63, 3.8) is 0 Å². The Kier molecular flexibility index (Phi) is 6.91. The fraction of sp³-hybridized carbons (Fsp3) is 0.150. The molecule has 0 radical (unpaired) electrons. The van der Waals surface area contributed by atoms with Crippen LogP contribution in [0.3, 0.4) is 0 Å². The molecule has 200 valence electrons. The quantitative estimate of drug-likeness (QED) is 0.209. The predicted octanol–water partition coefficient (Wildman–Crippen LogP) is 0.893. The number of aromatic amines is 1. The number of tetrazole rings is 1. The van der Waals surface area contributed by atoms with Crippen LogP contribution in [0.25, 0.3) is 33.4 Å². The lowest BCUT2D eigenvalue weighted by atomic mass is 9.96. The Hall–Kier alpha value is -4.00. The molecule has 1 atom stereocenters. The van der Waals surface area contributed by atoms with Crippen molar-refractivity contribution in [1.29, 1.82) is 0 Å². The molecule has 5 N–H and O–H groups in total. The number of halogens is 3. The molecule has 0 amide bonds. The zero-order chi connectivity index (χ0) is 27.9. The van der Waals surface area contributed by atoms with E-state index in [1.54, 1.807) is 30.3 Å². The topological polar surface area (TPSA) is 214 Å². The second-order valence-corrected chi connectivity index (χ2v) is 11.2. The number of carbonyl (C=O) groups excluding carboxylic acids is 1. The normalized spacial score (nSPS) is 13.4. The maximum atomic E-state index is 13.2. The van der Waals surface area contributed by atoms with E-state index in [0.29, 0.717) is 16.5 Å². The Morgan fingerprint density at radius 2 is 1.76 bits per heavy atom. The predicted molar refractivity (Wildman–Crippen MR) is 124 cm³/mol. The van der Waals surface area contributed by atoms with E-state index in [2.05, 4.69) is 30.3 Å². The summed E-state index contributed by atoms with van der Waals surface area (Å²) >= 11 is 0. The Bertz CT molecular complexity index is 1740. The van der Waals surface area contributed by atoms with Crippen molar-refractivity contribution >= 4 is 36.7 Å². The fourth-order valence-corrected chi connectivity index (χ4v) is 6.60. The smallest absolute Gasteiger partial charge is 0.439 e. The molecule has 0 saturated carbocycles. The molecule has 4 aromatic rings. The molecule has 2 aromatic carbocycles. The number of alkyl halides is 3. The summed E-state index contributed by atoms with van der Waals surface area (Å²) in [6.07, 6.45) is -6.29. The van der Waals surface area contributed by atoms with Crippen LogP contribution in [-0.4, -0.2) is 66.6 Å². The van der Waals surface area contributed by atoms with Crippen LogP contribution >= 0.6 is 0 Å².